The van der Waals surface area contributed by atoms with Crippen LogP contribution in [0.2, 0.25) is 0 Å². The average molecular weight is 162 g/mol. The van der Waals surface area contributed by atoms with Crippen LogP contribution >= 0.6 is 11.8 Å². The van der Waals surface area contributed by atoms with Gasteiger partial charge in [-0.2, -0.15) is 11.8 Å². The summed E-state index contributed by atoms with van der Waals surface area (Å²) in [5, 5.41) is 0. The molecule has 0 atom stereocenters. The van der Waals surface area contributed by atoms with Crippen molar-refractivity contribution in [1.29, 1.82) is 0 Å². The Morgan fingerprint density at radius 1 is 1.11 bits per heavy atom. The van der Waals surface area contributed by atoms with Crippen molar-refractivity contribution < 1.29 is 62.0 Å². The van der Waals surface area contributed by atoms with Crippen molar-refractivity contribution in [3.63, 3.8) is 0 Å². The second-order valence-corrected chi connectivity index (χ2v) is 2.19. The van der Waals surface area contributed by atoms with E-state index in [4.69, 9.17) is 0 Å². The summed E-state index contributed by atoms with van der Waals surface area (Å²) in [7, 11) is 0. The van der Waals surface area contributed by atoms with Crippen LogP contribution in [-0.4, -0.2) is 11.5 Å². The third-order valence-electron chi connectivity index (χ3n) is 0.471. The molecule has 0 aromatic carbocycles. The Labute approximate surface area is 109 Å². The van der Waals surface area contributed by atoms with Gasteiger partial charge in [0.05, 0.1) is 0 Å². The summed E-state index contributed by atoms with van der Waals surface area (Å²) in [4.78, 5) is 0. The summed E-state index contributed by atoms with van der Waals surface area (Å²) >= 11 is 1.82. The normalized spacial score (nSPS) is 6.22. The summed E-state index contributed by atoms with van der Waals surface area (Å²) in [6, 6.07) is 0. The Morgan fingerprint density at radius 3 is 1.67 bits per heavy atom. The van der Waals surface area contributed by atoms with E-state index in [0.717, 1.165) is 11.5 Å². The van der Waals surface area contributed by atoms with Gasteiger partial charge in [0.1, 0.15) is 0 Å². The third-order valence-corrected chi connectivity index (χ3v) is 1.41. The minimum atomic E-state index is 0. The molecule has 0 aromatic heterocycles. The minimum Gasteiger partial charge on any atom is -1.00 e. The molecule has 0 radical (unpaired) electrons. The van der Waals surface area contributed by atoms with Crippen molar-refractivity contribution in [3.8, 4) is 0 Å². The fourth-order valence-corrected chi connectivity index (χ4v) is 0.704. The van der Waals surface area contributed by atoms with E-state index >= 15 is 0 Å². The topological polar surface area (TPSA) is 0 Å². The van der Waals surface area contributed by atoms with Crippen LogP contribution in [0.5, 0.6) is 0 Å². The van der Waals surface area contributed by atoms with Crippen molar-refractivity contribution in [2.45, 2.75) is 0 Å². The van der Waals surface area contributed by atoms with Gasteiger partial charge in [-0.1, -0.05) is 12.2 Å². The summed E-state index contributed by atoms with van der Waals surface area (Å²) in [6.07, 6.45) is 3.79. The molecule has 0 saturated heterocycles. The van der Waals surface area contributed by atoms with Gasteiger partial charge >= 0.3 is 59.1 Å². The SMILES string of the molecule is C=CCSCC=C.[H-].[H-].[Na+].[Na+]. The number of hydrogen-bond donors (Lipinski definition) is 0. The molecule has 0 N–H and O–H groups in total. The van der Waals surface area contributed by atoms with Crippen molar-refractivity contribution in [2.24, 2.45) is 0 Å². The average Bonchev–Trinajstić information content (AvgIpc) is 1.69. The molecule has 0 aliphatic heterocycles. The van der Waals surface area contributed by atoms with E-state index in [2.05, 4.69) is 13.2 Å². The van der Waals surface area contributed by atoms with Crippen molar-refractivity contribution in [3.05, 3.63) is 25.3 Å². The first kappa shape index (κ1) is 17.1. The van der Waals surface area contributed by atoms with Crippen LogP contribution in [0.4, 0.5) is 0 Å². The Hall–Kier alpha value is 1.83. The van der Waals surface area contributed by atoms with Gasteiger partial charge < -0.3 is 2.85 Å². The minimum absolute atomic E-state index is 0. The van der Waals surface area contributed by atoms with Gasteiger partial charge in [0.25, 0.3) is 0 Å². The van der Waals surface area contributed by atoms with Crippen molar-refractivity contribution in [1.82, 2.24) is 0 Å². The van der Waals surface area contributed by atoms with E-state index in [9.17, 15) is 0 Å². The molecule has 0 aliphatic carbocycles. The fourth-order valence-electron chi connectivity index (χ4n) is 0.235. The van der Waals surface area contributed by atoms with E-state index < -0.39 is 0 Å². The van der Waals surface area contributed by atoms with Gasteiger partial charge in [0, 0.05) is 11.5 Å². The Kier molecular flexibility index (Phi) is 31.2. The maximum Gasteiger partial charge on any atom is 1.00 e. The molecule has 0 amide bonds. The molecule has 0 aromatic rings. The first-order chi connectivity index (χ1) is 3.41. The van der Waals surface area contributed by atoms with Crippen LogP contribution in [0.1, 0.15) is 2.85 Å². The molecule has 0 aliphatic rings. The summed E-state index contributed by atoms with van der Waals surface area (Å²) in [5.41, 5.74) is 0. The zero-order chi connectivity index (χ0) is 5.54. The Balaban J connectivity index is -0.0000000300. The van der Waals surface area contributed by atoms with Gasteiger partial charge in [-0.3, -0.25) is 0 Å². The van der Waals surface area contributed by atoms with Crippen LogP contribution in [0.3, 0.4) is 0 Å². The van der Waals surface area contributed by atoms with Crippen LogP contribution in [-0.2, 0) is 0 Å². The molecule has 0 unspecified atom stereocenters. The third kappa shape index (κ3) is 17.7. The molecule has 0 saturated carbocycles. The van der Waals surface area contributed by atoms with Crippen LogP contribution in [0, 0.1) is 0 Å². The second kappa shape index (κ2) is 16.4. The molecule has 3 heteroatoms. The first-order valence-electron chi connectivity index (χ1n) is 2.21. The Morgan fingerprint density at radius 2 is 1.44 bits per heavy atom. The molecular weight excluding hydrogens is 150 g/mol. The maximum absolute atomic E-state index is 3.58. The van der Waals surface area contributed by atoms with Crippen LogP contribution in [0.15, 0.2) is 25.3 Å². The summed E-state index contributed by atoms with van der Waals surface area (Å²) in [5.74, 6) is 2.07. The largest absolute Gasteiger partial charge is 1.00 e. The quantitative estimate of drug-likeness (QED) is 0.233. The van der Waals surface area contributed by atoms with E-state index in [1.54, 1.807) is 0 Å². The molecule has 0 heterocycles. The van der Waals surface area contributed by atoms with Crippen molar-refractivity contribution in [2.75, 3.05) is 11.5 Å². The fraction of sp³-hybridized carbons (Fsp3) is 0.333. The zero-order valence-corrected chi connectivity index (χ0v) is 11.2. The summed E-state index contributed by atoms with van der Waals surface area (Å²) in [6.45, 7) is 7.15. The van der Waals surface area contributed by atoms with E-state index in [1.165, 1.54) is 0 Å². The standard InChI is InChI=1S/C6H10S.2Na.2H/c1-3-5-7-6-4-2;;;;/h3-4H,1-2,5-6H2;;;;/q;2*+1;2*-1. The van der Waals surface area contributed by atoms with E-state index in [-0.39, 0.29) is 62.0 Å². The number of hydrogen-bond acceptors (Lipinski definition) is 1. The van der Waals surface area contributed by atoms with Gasteiger partial charge in [-0.05, 0) is 0 Å². The smallest absolute Gasteiger partial charge is 1.00 e. The first-order valence-corrected chi connectivity index (χ1v) is 3.37. The molecule has 9 heavy (non-hydrogen) atoms. The van der Waals surface area contributed by atoms with Crippen LogP contribution < -0.4 is 59.1 Å². The predicted octanol–water partition coefficient (Wildman–Crippen LogP) is -3.68. The van der Waals surface area contributed by atoms with Gasteiger partial charge in [0.2, 0.25) is 0 Å². The second-order valence-electron chi connectivity index (χ2n) is 1.11. The number of thioether (sulfide) groups is 1. The number of rotatable bonds is 4. The zero-order valence-electron chi connectivity index (χ0n) is 8.39. The van der Waals surface area contributed by atoms with Gasteiger partial charge in [-0.25, -0.2) is 0 Å². The molecule has 0 fully saturated rings. The molecule has 0 spiro atoms. The monoisotopic (exact) mass is 162 g/mol. The van der Waals surface area contributed by atoms with Gasteiger partial charge in [-0.15, -0.1) is 13.2 Å². The predicted molar refractivity (Wildman–Crippen MR) is 39.9 cm³/mol. The molecule has 0 nitrogen and oxygen atoms in total. The van der Waals surface area contributed by atoms with Crippen molar-refractivity contribution >= 4 is 11.8 Å². The Bertz CT molecular complexity index is 63.6. The van der Waals surface area contributed by atoms with E-state index in [1.807, 2.05) is 23.9 Å². The van der Waals surface area contributed by atoms with Gasteiger partial charge in [0.15, 0.2) is 0 Å². The molecule has 0 rings (SSSR count). The molecule has 0 bridgehead atoms. The molecule has 44 valence electrons. The summed E-state index contributed by atoms with van der Waals surface area (Å²) < 4.78 is 0. The molecular formula is C6H12Na2S. The van der Waals surface area contributed by atoms with Crippen LogP contribution in [0.25, 0.3) is 0 Å². The maximum atomic E-state index is 3.58. The van der Waals surface area contributed by atoms with E-state index in [0.29, 0.717) is 0 Å².